The second kappa shape index (κ2) is 9.41. The van der Waals surface area contributed by atoms with Gasteiger partial charge >= 0.3 is 6.09 Å². The van der Waals surface area contributed by atoms with E-state index in [1.807, 2.05) is 20.8 Å². The zero-order valence-electron chi connectivity index (χ0n) is 15.1. The number of aromatic nitrogens is 1. The third-order valence-electron chi connectivity index (χ3n) is 3.21. The third kappa shape index (κ3) is 5.77. The fourth-order valence-corrected chi connectivity index (χ4v) is 2.08. The largest absolute Gasteiger partial charge is 0.477 e. The quantitative estimate of drug-likeness (QED) is 0.783. The predicted octanol–water partition coefficient (Wildman–Crippen LogP) is 3.94. The van der Waals surface area contributed by atoms with Crippen molar-refractivity contribution in [1.29, 1.82) is 0 Å². The molecule has 0 atom stereocenters. The molecule has 1 heterocycles. The fraction of sp³-hybridized carbons (Fsp3) is 0.316. The number of nitrogens with one attached hydrogen (secondary N) is 2. The van der Waals surface area contributed by atoms with E-state index in [-0.39, 0.29) is 17.7 Å². The number of ether oxygens (including phenoxy) is 2. The van der Waals surface area contributed by atoms with Crippen LogP contribution < -0.4 is 15.4 Å². The minimum Gasteiger partial charge on any atom is -0.477 e. The molecular weight excluding hydrogens is 334 g/mol. The van der Waals surface area contributed by atoms with E-state index in [1.165, 1.54) is 0 Å². The van der Waals surface area contributed by atoms with E-state index in [4.69, 9.17) is 9.47 Å². The van der Waals surface area contributed by atoms with Gasteiger partial charge in [-0.2, -0.15) is 0 Å². The van der Waals surface area contributed by atoms with Crippen molar-refractivity contribution >= 4 is 23.4 Å². The van der Waals surface area contributed by atoms with Crippen LogP contribution in [0.3, 0.4) is 0 Å². The van der Waals surface area contributed by atoms with Crippen molar-refractivity contribution in [3.05, 3.63) is 48.2 Å². The summed E-state index contributed by atoms with van der Waals surface area (Å²) in [5.41, 5.74) is 1.39. The average molecular weight is 357 g/mol. The first-order valence-corrected chi connectivity index (χ1v) is 8.42. The molecule has 0 spiro atoms. The number of amides is 2. The highest BCUT2D eigenvalue weighted by molar-refractivity contribution is 6.06. The molecule has 0 fully saturated rings. The number of hydrogen-bond donors (Lipinski definition) is 2. The van der Waals surface area contributed by atoms with Gasteiger partial charge in [0.05, 0.1) is 13.2 Å². The molecule has 2 N–H and O–H groups in total. The molecule has 0 saturated carbocycles. The second-order valence-electron chi connectivity index (χ2n) is 5.94. The van der Waals surface area contributed by atoms with Gasteiger partial charge in [0, 0.05) is 17.6 Å². The maximum atomic E-state index is 12.5. The molecule has 26 heavy (non-hydrogen) atoms. The second-order valence-corrected chi connectivity index (χ2v) is 5.94. The van der Waals surface area contributed by atoms with Crippen LogP contribution in [0.2, 0.25) is 0 Å². The lowest BCUT2D eigenvalue weighted by atomic mass is 10.2. The molecule has 2 amide bonds. The highest BCUT2D eigenvalue weighted by Crippen LogP contribution is 2.19. The molecule has 0 unspecified atom stereocenters. The Bertz CT molecular complexity index is 762. The van der Waals surface area contributed by atoms with Crippen LogP contribution in [0, 0.1) is 5.92 Å². The van der Waals surface area contributed by atoms with Crippen molar-refractivity contribution < 1.29 is 19.1 Å². The van der Waals surface area contributed by atoms with Crippen LogP contribution in [0.15, 0.2) is 42.6 Å². The summed E-state index contributed by atoms with van der Waals surface area (Å²) in [6.07, 6.45) is 1.03. The van der Waals surface area contributed by atoms with Gasteiger partial charge in [-0.25, -0.2) is 9.78 Å². The Morgan fingerprint density at radius 3 is 2.54 bits per heavy atom. The summed E-state index contributed by atoms with van der Waals surface area (Å²) in [7, 11) is 0. The molecule has 1 aromatic carbocycles. The van der Waals surface area contributed by atoms with Gasteiger partial charge in [0.2, 0.25) is 5.88 Å². The molecule has 138 valence electrons. The summed E-state index contributed by atoms with van der Waals surface area (Å²) in [5, 5.41) is 5.40. The summed E-state index contributed by atoms with van der Waals surface area (Å²) in [6.45, 7) is 6.49. The number of hydrogen-bond acceptors (Lipinski definition) is 5. The number of benzene rings is 1. The van der Waals surface area contributed by atoms with Gasteiger partial charge in [-0.3, -0.25) is 10.1 Å². The van der Waals surface area contributed by atoms with Crippen LogP contribution in [0.1, 0.15) is 31.1 Å². The Hall–Kier alpha value is -3.09. The van der Waals surface area contributed by atoms with Gasteiger partial charge in [0.1, 0.15) is 5.56 Å². The highest BCUT2D eigenvalue weighted by atomic mass is 16.5. The summed E-state index contributed by atoms with van der Waals surface area (Å²) < 4.78 is 10.5. The van der Waals surface area contributed by atoms with Crippen molar-refractivity contribution in [2.24, 2.45) is 5.92 Å². The number of rotatable bonds is 7. The molecule has 0 radical (unpaired) electrons. The van der Waals surface area contributed by atoms with E-state index in [0.29, 0.717) is 30.2 Å². The first kappa shape index (κ1) is 19.2. The van der Waals surface area contributed by atoms with Gasteiger partial charge in [-0.15, -0.1) is 0 Å². The molecule has 2 aromatic rings. The molecule has 1 aromatic heterocycles. The Kier molecular flexibility index (Phi) is 6.96. The number of nitrogens with zero attached hydrogens (tertiary/aromatic N) is 1. The van der Waals surface area contributed by atoms with E-state index < -0.39 is 6.09 Å². The van der Waals surface area contributed by atoms with Crippen LogP contribution in [0.25, 0.3) is 0 Å². The zero-order valence-corrected chi connectivity index (χ0v) is 15.1. The zero-order chi connectivity index (χ0) is 18.9. The number of carbonyl (C=O) groups is 2. The maximum absolute atomic E-state index is 12.5. The van der Waals surface area contributed by atoms with Crippen LogP contribution in [0.4, 0.5) is 16.2 Å². The van der Waals surface area contributed by atoms with Gasteiger partial charge in [-0.05, 0) is 43.2 Å². The minimum atomic E-state index is -0.534. The molecule has 0 aliphatic heterocycles. The standard InChI is InChI=1S/C19H23N3O4/c1-4-25-18-16(9-6-10-20-18)17(23)21-14-7-5-8-15(11-14)22-19(24)26-12-13(2)3/h5-11,13H,4,12H2,1-3H3,(H,21,23)(H,22,24). The van der Waals surface area contributed by atoms with E-state index in [0.717, 1.165) is 0 Å². The summed E-state index contributed by atoms with van der Waals surface area (Å²) in [6, 6.07) is 10.1. The Morgan fingerprint density at radius 2 is 1.85 bits per heavy atom. The molecule has 2 rings (SSSR count). The normalized spacial score (nSPS) is 10.3. The lowest BCUT2D eigenvalue weighted by Crippen LogP contribution is -2.17. The number of pyridine rings is 1. The van der Waals surface area contributed by atoms with Crippen molar-refractivity contribution in [2.45, 2.75) is 20.8 Å². The van der Waals surface area contributed by atoms with Crippen molar-refractivity contribution in [3.8, 4) is 5.88 Å². The number of carbonyl (C=O) groups excluding carboxylic acids is 2. The average Bonchev–Trinajstić information content (AvgIpc) is 2.61. The lowest BCUT2D eigenvalue weighted by molar-refractivity contribution is 0.102. The van der Waals surface area contributed by atoms with Gasteiger partial charge in [0.25, 0.3) is 5.91 Å². The van der Waals surface area contributed by atoms with Crippen molar-refractivity contribution in [1.82, 2.24) is 4.98 Å². The van der Waals surface area contributed by atoms with Crippen molar-refractivity contribution in [2.75, 3.05) is 23.8 Å². The molecule has 0 saturated heterocycles. The maximum Gasteiger partial charge on any atom is 0.411 e. The first-order valence-electron chi connectivity index (χ1n) is 8.42. The van der Waals surface area contributed by atoms with E-state index in [1.54, 1.807) is 42.6 Å². The Labute approximate surface area is 152 Å². The molecular formula is C19H23N3O4. The van der Waals surface area contributed by atoms with Gasteiger partial charge < -0.3 is 14.8 Å². The summed E-state index contributed by atoms with van der Waals surface area (Å²) in [4.78, 5) is 28.3. The minimum absolute atomic E-state index is 0.255. The van der Waals surface area contributed by atoms with E-state index in [2.05, 4.69) is 15.6 Å². The topological polar surface area (TPSA) is 89.5 Å². The third-order valence-corrected chi connectivity index (χ3v) is 3.21. The Balaban J connectivity index is 2.04. The van der Waals surface area contributed by atoms with Crippen LogP contribution in [-0.4, -0.2) is 30.2 Å². The molecule has 0 aliphatic rings. The van der Waals surface area contributed by atoms with Crippen LogP contribution >= 0.6 is 0 Å². The molecule has 7 nitrogen and oxygen atoms in total. The highest BCUT2D eigenvalue weighted by Gasteiger charge is 2.14. The fourth-order valence-electron chi connectivity index (χ4n) is 2.08. The van der Waals surface area contributed by atoms with Gasteiger partial charge in [0.15, 0.2) is 0 Å². The smallest absolute Gasteiger partial charge is 0.411 e. The van der Waals surface area contributed by atoms with E-state index >= 15 is 0 Å². The van der Waals surface area contributed by atoms with Crippen LogP contribution in [-0.2, 0) is 4.74 Å². The SMILES string of the molecule is CCOc1ncccc1C(=O)Nc1cccc(NC(=O)OCC(C)C)c1. The Morgan fingerprint density at radius 1 is 1.12 bits per heavy atom. The molecule has 0 aliphatic carbocycles. The monoisotopic (exact) mass is 357 g/mol. The predicted molar refractivity (Wildman–Crippen MR) is 99.6 cm³/mol. The van der Waals surface area contributed by atoms with E-state index in [9.17, 15) is 9.59 Å². The van der Waals surface area contributed by atoms with Gasteiger partial charge in [-0.1, -0.05) is 19.9 Å². The summed E-state index contributed by atoms with van der Waals surface area (Å²) in [5.74, 6) is 0.186. The number of anilines is 2. The first-order chi connectivity index (χ1) is 12.5. The molecule has 7 heteroatoms. The van der Waals surface area contributed by atoms with Crippen molar-refractivity contribution in [3.63, 3.8) is 0 Å². The van der Waals surface area contributed by atoms with Crippen LogP contribution in [0.5, 0.6) is 5.88 Å². The molecule has 0 bridgehead atoms. The lowest BCUT2D eigenvalue weighted by Gasteiger charge is -2.11. The summed E-state index contributed by atoms with van der Waals surface area (Å²) >= 11 is 0.